The van der Waals surface area contributed by atoms with E-state index in [0.29, 0.717) is 22.5 Å². The van der Waals surface area contributed by atoms with Gasteiger partial charge in [0.2, 0.25) is 5.91 Å². The van der Waals surface area contributed by atoms with E-state index in [1.165, 1.54) is 7.05 Å². The third kappa shape index (κ3) is 3.60. The van der Waals surface area contributed by atoms with E-state index >= 15 is 0 Å². The van der Waals surface area contributed by atoms with Gasteiger partial charge in [-0.1, -0.05) is 12.1 Å². The van der Waals surface area contributed by atoms with Crippen molar-refractivity contribution in [2.75, 3.05) is 20.3 Å². The van der Waals surface area contributed by atoms with E-state index in [1.807, 2.05) is 0 Å². The molecule has 7 nitrogen and oxygen atoms in total. The number of hydrogen-bond acceptors (Lipinski definition) is 6. The topological polar surface area (TPSA) is 111 Å². The Kier molecular flexibility index (Phi) is 6.15. The fraction of sp³-hybridized carbons (Fsp3) is 0.316. The number of nitriles is 1. The highest BCUT2D eigenvalue weighted by molar-refractivity contribution is 6.02. The van der Waals surface area contributed by atoms with Gasteiger partial charge in [-0.15, -0.1) is 0 Å². The first-order valence-corrected chi connectivity index (χ1v) is 8.19. The molecule has 0 aromatic heterocycles. The van der Waals surface area contributed by atoms with Crippen molar-refractivity contribution in [1.29, 1.82) is 5.26 Å². The number of dihydropyridines is 1. The van der Waals surface area contributed by atoms with Gasteiger partial charge in [-0.25, -0.2) is 4.79 Å². The van der Waals surface area contributed by atoms with Gasteiger partial charge in [0.25, 0.3) is 0 Å². The van der Waals surface area contributed by atoms with Crippen molar-refractivity contribution in [3.63, 3.8) is 0 Å². The molecule has 0 fully saturated rings. The molecule has 0 radical (unpaired) electrons. The number of esters is 1. The van der Waals surface area contributed by atoms with Gasteiger partial charge in [0.1, 0.15) is 0 Å². The zero-order chi connectivity index (χ0) is 19.3. The summed E-state index contributed by atoms with van der Waals surface area (Å²) in [5, 5.41) is 24.4. The fourth-order valence-electron chi connectivity index (χ4n) is 3.02. The van der Waals surface area contributed by atoms with Gasteiger partial charge < -0.3 is 20.5 Å². The zero-order valence-corrected chi connectivity index (χ0v) is 14.9. The van der Waals surface area contributed by atoms with Crippen LogP contribution in [0.1, 0.15) is 30.9 Å². The van der Waals surface area contributed by atoms with Crippen molar-refractivity contribution in [3.05, 3.63) is 57.9 Å². The summed E-state index contributed by atoms with van der Waals surface area (Å²) >= 11 is 0. The summed E-state index contributed by atoms with van der Waals surface area (Å²) in [5.41, 5.74) is 2.30. The van der Waals surface area contributed by atoms with Crippen molar-refractivity contribution >= 4 is 11.9 Å². The van der Waals surface area contributed by atoms with E-state index in [-0.39, 0.29) is 17.8 Å². The Morgan fingerprint density at radius 3 is 2.69 bits per heavy atom. The molecule has 1 unspecified atom stereocenters. The summed E-state index contributed by atoms with van der Waals surface area (Å²) in [6, 6.07) is 8.75. The van der Waals surface area contributed by atoms with Crippen LogP contribution in [0.2, 0.25) is 0 Å². The molecule has 26 heavy (non-hydrogen) atoms. The molecular formula is C19H21N3O4. The molecule has 1 aromatic rings. The van der Waals surface area contributed by atoms with Crippen LogP contribution in [-0.2, 0) is 14.3 Å². The molecule has 0 spiro atoms. The van der Waals surface area contributed by atoms with Crippen LogP contribution in [0, 0.1) is 11.3 Å². The first-order chi connectivity index (χ1) is 12.5. The molecular weight excluding hydrogens is 334 g/mol. The summed E-state index contributed by atoms with van der Waals surface area (Å²) in [6.45, 7) is 3.17. The highest BCUT2D eigenvalue weighted by Crippen LogP contribution is 2.38. The smallest absolute Gasteiger partial charge is 0.336 e. The van der Waals surface area contributed by atoms with E-state index in [9.17, 15) is 20.0 Å². The number of ether oxygens (including phenoxy) is 1. The maximum Gasteiger partial charge on any atom is 0.336 e. The first kappa shape index (κ1) is 19.2. The third-order valence-electron chi connectivity index (χ3n) is 4.12. The zero-order valence-electron chi connectivity index (χ0n) is 14.9. The minimum atomic E-state index is -0.759. The van der Waals surface area contributed by atoms with Crippen LogP contribution in [0.25, 0.3) is 0 Å². The summed E-state index contributed by atoms with van der Waals surface area (Å²) < 4.78 is 5.17. The van der Waals surface area contributed by atoms with Gasteiger partial charge in [-0.05, 0) is 31.5 Å². The molecule has 0 saturated heterocycles. The molecule has 1 aliphatic rings. The van der Waals surface area contributed by atoms with Gasteiger partial charge in [-0.2, -0.15) is 5.26 Å². The lowest BCUT2D eigenvalue weighted by atomic mass is 9.79. The van der Waals surface area contributed by atoms with E-state index in [1.54, 1.807) is 38.1 Å². The molecule has 136 valence electrons. The number of allylic oxidation sites excluding steroid dienone is 1. The second-order valence-electron chi connectivity index (χ2n) is 5.68. The quantitative estimate of drug-likeness (QED) is 0.682. The van der Waals surface area contributed by atoms with Gasteiger partial charge in [0.15, 0.2) is 0 Å². The molecule has 1 atom stereocenters. The third-order valence-corrected chi connectivity index (χ3v) is 4.12. The molecule has 2 rings (SSSR count). The van der Waals surface area contributed by atoms with Crippen LogP contribution < -0.4 is 10.6 Å². The molecule has 1 heterocycles. The second kappa shape index (κ2) is 8.32. The Bertz CT molecular complexity index is 833. The molecule has 0 saturated carbocycles. The number of likely N-dealkylation sites (N-methyl/N-ethyl adjacent to an activating group) is 1. The Balaban J connectivity index is 2.73. The lowest BCUT2D eigenvalue weighted by molar-refractivity contribution is -0.138. The Morgan fingerprint density at radius 2 is 2.12 bits per heavy atom. The number of carbonyl (C=O) groups excluding carboxylic acids is 2. The number of hydrogen-bond donors (Lipinski definition) is 3. The van der Waals surface area contributed by atoms with Crippen molar-refractivity contribution < 1.29 is 19.4 Å². The van der Waals surface area contributed by atoms with E-state index in [4.69, 9.17) is 4.74 Å². The number of carbonyl (C=O) groups is 2. The minimum absolute atomic E-state index is 0.187. The predicted molar refractivity (Wildman–Crippen MR) is 94.5 cm³/mol. The maximum atomic E-state index is 12.6. The highest BCUT2D eigenvalue weighted by atomic mass is 16.5. The van der Waals surface area contributed by atoms with E-state index in [0.717, 1.165) is 0 Å². The number of aliphatic hydroxyl groups is 1. The van der Waals surface area contributed by atoms with E-state index in [2.05, 4.69) is 16.7 Å². The molecule has 7 heteroatoms. The number of aliphatic hydroxyl groups excluding tert-OH is 1. The van der Waals surface area contributed by atoms with Crippen LogP contribution in [0.4, 0.5) is 0 Å². The predicted octanol–water partition coefficient (Wildman–Crippen LogP) is 1.07. The van der Waals surface area contributed by atoms with Crippen LogP contribution >= 0.6 is 0 Å². The maximum absolute atomic E-state index is 12.6. The minimum Gasteiger partial charge on any atom is -0.463 e. The first-order valence-electron chi connectivity index (χ1n) is 8.19. The van der Waals surface area contributed by atoms with Crippen molar-refractivity contribution in [1.82, 2.24) is 10.6 Å². The fourth-order valence-corrected chi connectivity index (χ4v) is 3.02. The standard InChI is InChI=1S/C19H21N3O4/c1-4-26-19(25)15-11(2)22-14(10-23)17(18(24)21-3)16(15)13-7-5-6-12(8-13)9-20/h5-8,16,22-23H,4,10H2,1-3H3,(H,21,24). The van der Waals surface area contributed by atoms with Crippen LogP contribution in [0.3, 0.4) is 0 Å². The van der Waals surface area contributed by atoms with Gasteiger partial charge in [0, 0.05) is 12.7 Å². The normalized spacial score (nSPS) is 16.7. The molecule has 0 aliphatic carbocycles. The average Bonchev–Trinajstić information content (AvgIpc) is 2.66. The molecule has 1 aliphatic heterocycles. The summed E-state index contributed by atoms with van der Waals surface area (Å²) in [7, 11) is 1.47. The van der Waals surface area contributed by atoms with Crippen molar-refractivity contribution in [2.24, 2.45) is 0 Å². The number of nitrogens with one attached hydrogen (secondary N) is 2. The van der Waals surface area contributed by atoms with Crippen LogP contribution in [0.15, 0.2) is 46.8 Å². The van der Waals surface area contributed by atoms with Crippen molar-refractivity contribution in [3.8, 4) is 6.07 Å². The number of rotatable bonds is 5. The lowest BCUT2D eigenvalue weighted by Gasteiger charge is -2.31. The summed E-state index contributed by atoms with van der Waals surface area (Å²) in [6.07, 6.45) is 0. The summed E-state index contributed by atoms with van der Waals surface area (Å²) in [5.74, 6) is -1.74. The van der Waals surface area contributed by atoms with E-state index < -0.39 is 24.4 Å². The number of amides is 1. The molecule has 3 N–H and O–H groups in total. The Hall–Kier alpha value is -3.11. The van der Waals surface area contributed by atoms with Gasteiger partial charge >= 0.3 is 5.97 Å². The molecule has 1 aromatic carbocycles. The van der Waals surface area contributed by atoms with Crippen molar-refractivity contribution in [2.45, 2.75) is 19.8 Å². The van der Waals surface area contributed by atoms with Crippen LogP contribution in [0.5, 0.6) is 0 Å². The van der Waals surface area contributed by atoms with Crippen LogP contribution in [-0.4, -0.2) is 37.2 Å². The monoisotopic (exact) mass is 355 g/mol. The lowest BCUT2D eigenvalue weighted by Crippen LogP contribution is -2.37. The summed E-state index contributed by atoms with van der Waals surface area (Å²) in [4.78, 5) is 25.1. The van der Waals surface area contributed by atoms with Gasteiger partial charge in [-0.3, -0.25) is 4.79 Å². The number of benzene rings is 1. The molecule has 0 bridgehead atoms. The largest absolute Gasteiger partial charge is 0.463 e. The molecule has 1 amide bonds. The Morgan fingerprint density at radius 1 is 1.38 bits per heavy atom. The number of nitrogens with zero attached hydrogens (tertiary/aromatic N) is 1. The second-order valence-corrected chi connectivity index (χ2v) is 5.68. The highest BCUT2D eigenvalue weighted by Gasteiger charge is 2.37. The van der Waals surface area contributed by atoms with Gasteiger partial charge in [0.05, 0.1) is 47.6 Å². The SMILES string of the molecule is CCOC(=O)C1=C(C)NC(CO)=C(C(=O)NC)C1c1cccc(C#N)c1. The Labute approximate surface area is 152 Å². The average molecular weight is 355 g/mol.